The van der Waals surface area contributed by atoms with Crippen LogP contribution in [0.15, 0.2) is 48.5 Å². The zero-order valence-electron chi connectivity index (χ0n) is 16.2. The number of benzene rings is 2. The van der Waals surface area contributed by atoms with Crippen molar-refractivity contribution in [2.75, 3.05) is 7.11 Å². The number of carboxylic acid groups (broad SMARTS) is 1. The maximum atomic E-state index is 12.9. The monoisotopic (exact) mass is 382 g/mol. The second-order valence-electron chi connectivity index (χ2n) is 7.21. The first-order valence-corrected chi connectivity index (χ1v) is 9.47. The van der Waals surface area contributed by atoms with E-state index in [2.05, 4.69) is 12.2 Å². The van der Waals surface area contributed by atoms with Crippen molar-refractivity contribution >= 4 is 12.0 Å². The van der Waals surface area contributed by atoms with Gasteiger partial charge in [0.1, 0.15) is 5.75 Å². The van der Waals surface area contributed by atoms with E-state index in [4.69, 9.17) is 9.84 Å². The molecule has 2 amide bonds. The minimum atomic E-state index is -0.959. The lowest BCUT2D eigenvalue weighted by molar-refractivity contribution is 0.0697. The number of carbonyl (C=O) groups excluding carboxylic acids is 1. The summed E-state index contributed by atoms with van der Waals surface area (Å²) in [6, 6.07) is 14.3. The molecule has 1 saturated carbocycles. The Morgan fingerprint density at radius 2 is 1.71 bits per heavy atom. The van der Waals surface area contributed by atoms with E-state index in [0.717, 1.165) is 29.7 Å². The zero-order chi connectivity index (χ0) is 20.1. The third-order valence-corrected chi connectivity index (χ3v) is 5.21. The Hall–Kier alpha value is -3.02. The van der Waals surface area contributed by atoms with Gasteiger partial charge >= 0.3 is 12.0 Å². The number of nitrogens with zero attached hydrogens (tertiary/aromatic N) is 1. The maximum Gasteiger partial charge on any atom is 0.335 e. The van der Waals surface area contributed by atoms with Gasteiger partial charge in [-0.3, -0.25) is 0 Å². The molecular weight excluding hydrogens is 356 g/mol. The standard InChI is InChI=1S/C22H26N2O4/c1-15(18-9-10-18)24(14-17-5-11-20(28-2)12-6-17)22(27)23-13-16-3-7-19(8-4-16)21(25)26/h3-8,11-12,15,18H,9-10,13-14H2,1-2H3,(H,23,27)(H,25,26). The van der Waals surface area contributed by atoms with Crippen LogP contribution in [0.2, 0.25) is 0 Å². The van der Waals surface area contributed by atoms with Crippen LogP contribution < -0.4 is 10.1 Å². The Balaban J connectivity index is 1.64. The molecule has 0 aliphatic heterocycles. The van der Waals surface area contributed by atoms with Gasteiger partial charge in [-0.1, -0.05) is 24.3 Å². The van der Waals surface area contributed by atoms with E-state index in [1.54, 1.807) is 31.4 Å². The van der Waals surface area contributed by atoms with Gasteiger partial charge in [-0.25, -0.2) is 9.59 Å². The molecule has 1 unspecified atom stereocenters. The molecule has 0 saturated heterocycles. The van der Waals surface area contributed by atoms with Crippen molar-refractivity contribution in [3.8, 4) is 5.75 Å². The molecule has 6 heteroatoms. The highest BCUT2D eigenvalue weighted by atomic mass is 16.5. The summed E-state index contributed by atoms with van der Waals surface area (Å²) in [5, 5.41) is 11.9. The van der Waals surface area contributed by atoms with E-state index < -0.39 is 5.97 Å². The highest BCUT2D eigenvalue weighted by Crippen LogP contribution is 2.35. The van der Waals surface area contributed by atoms with Gasteiger partial charge < -0.3 is 20.1 Å². The van der Waals surface area contributed by atoms with Crippen molar-refractivity contribution in [2.45, 2.75) is 38.9 Å². The van der Waals surface area contributed by atoms with E-state index in [9.17, 15) is 9.59 Å². The van der Waals surface area contributed by atoms with Crippen molar-refractivity contribution in [1.82, 2.24) is 10.2 Å². The number of ether oxygens (including phenoxy) is 1. The number of rotatable bonds is 8. The summed E-state index contributed by atoms with van der Waals surface area (Å²) in [7, 11) is 1.63. The Bertz CT molecular complexity index is 813. The number of carboxylic acids is 1. The maximum absolute atomic E-state index is 12.9. The van der Waals surface area contributed by atoms with Gasteiger partial charge in [0.15, 0.2) is 0 Å². The Labute approximate surface area is 165 Å². The average Bonchev–Trinajstić information content (AvgIpc) is 3.56. The van der Waals surface area contributed by atoms with Crippen molar-refractivity contribution < 1.29 is 19.4 Å². The lowest BCUT2D eigenvalue weighted by Crippen LogP contribution is -2.45. The Morgan fingerprint density at radius 3 is 2.25 bits per heavy atom. The third-order valence-electron chi connectivity index (χ3n) is 5.21. The smallest absolute Gasteiger partial charge is 0.335 e. The molecule has 28 heavy (non-hydrogen) atoms. The van der Waals surface area contributed by atoms with Crippen LogP contribution in [0.25, 0.3) is 0 Å². The number of hydrogen-bond acceptors (Lipinski definition) is 3. The quantitative estimate of drug-likeness (QED) is 0.726. The molecule has 2 aromatic carbocycles. The minimum Gasteiger partial charge on any atom is -0.497 e. The van der Waals surface area contributed by atoms with Crippen LogP contribution in [0.1, 0.15) is 41.3 Å². The van der Waals surface area contributed by atoms with E-state index in [1.165, 1.54) is 0 Å². The molecule has 3 rings (SSSR count). The average molecular weight is 382 g/mol. The molecule has 1 aliphatic rings. The van der Waals surface area contributed by atoms with Crippen molar-refractivity contribution in [3.05, 3.63) is 65.2 Å². The van der Waals surface area contributed by atoms with Crippen LogP contribution in [0.4, 0.5) is 4.79 Å². The number of methoxy groups -OCH3 is 1. The van der Waals surface area contributed by atoms with Crippen LogP contribution in [-0.4, -0.2) is 35.2 Å². The van der Waals surface area contributed by atoms with Gasteiger partial charge in [-0.2, -0.15) is 0 Å². The molecular formula is C22H26N2O4. The van der Waals surface area contributed by atoms with Gasteiger partial charge in [0.05, 0.1) is 12.7 Å². The van der Waals surface area contributed by atoms with E-state index >= 15 is 0 Å². The first-order chi connectivity index (χ1) is 13.5. The summed E-state index contributed by atoms with van der Waals surface area (Å²) in [5.41, 5.74) is 2.15. The molecule has 0 bridgehead atoms. The second kappa shape index (κ2) is 8.78. The van der Waals surface area contributed by atoms with E-state index in [0.29, 0.717) is 19.0 Å². The van der Waals surface area contributed by atoms with Crippen LogP contribution in [0.5, 0.6) is 5.75 Å². The summed E-state index contributed by atoms with van der Waals surface area (Å²) in [6.07, 6.45) is 2.31. The second-order valence-corrected chi connectivity index (χ2v) is 7.21. The fourth-order valence-electron chi connectivity index (χ4n) is 3.21. The van der Waals surface area contributed by atoms with Gasteiger partial charge in [0, 0.05) is 19.1 Å². The Morgan fingerprint density at radius 1 is 1.11 bits per heavy atom. The van der Waals surface area contributed by atoms with Crippen molar-refractivity contribution in [1.29, 1.82) is 0 Å². The third kappa shape index (κ3) is 5.03. The van der Waals surface area contributed by atoms with Crippen LogP contribution >= 0.6 is 0 Å². The number of aromatic carboxylic acids is 1. The highest BCUT2D eigenvalue weighted by Gasteiger charge is 2.34. The molecule has 0 spiro atoms. The zero-order valence-corrected chi connectivity index (χ0v) is 16.2. The Kier molecular flexibility index (Phi) is 6.19. The van der Waals surface area contributed by atoms with Gasteiger partial charge in [-0.15, -0.1) is 0 Å². The lowest BCUT2D eigenvalue weighted by Gasteiger charge is -2.30. The fraction of sp³-hybridized carbons (Fsp3) is 0.364. The number of urea groups is 1. The van der Waals surface area contributed by atoms with Gasteiger partial charge in [-0.05, 0) is 61.1 Å². The van der Waals surface area contributed by atoms with Crippen molar-refractivity contribution in [3.63, 3.8) is 0 Å². The van der Waals surface area contributed by atoms with Gasteiger partial charge in [0.2, 0.25) is 0 Å². The molecule has 2 N–H and O–H groups in total. The molecule has 6 nitrogen and oxygen atoms in total. The summed E-state index contributed by atoms with van der Waals surface area (Å²) >= 11 is 0. The molecule has 148 valence electrons. The fourth-order valence-corrected chi connectivity index (χ4v) is 3.21. The largest absolute Gasteiger partial charge is 0.497 e. The normalized spacial score (nSPS) is 14.2. The number of hydrogen-bond donors (Lipinski definition) is 2. The SMILES string of the molecule is COc1ccc(CN(C(=O)NCc2ccc(C(=O)O)cc2)C(C)C2CC2)cc1. The highest BCUT2D eigenvalue weighted by molar-refractivity contribution is 5.87. The predicted molar refractivity (Wildman–Crippen MR) is 106 cm³/mol. The molecule has 0 aromatic heterocycles. The van der Waals surface area contributed by atoms with Crippen LogP contribution in [0.3, 0.4) is 0 Å². The van der Waals surface area contributed by atoms with Crippen molar-refractivity contribution in [2.24, 2.45) is 5.92 Å². The summed E-state index contributed by atoms with van der Waals surface area (Å²) in [4.78, 5) is 25.7. The molecule has 2 aromatic rings. The summed E-state index contributed by atoms with van der Waals surface area (Å²) < 4.78 is 5.20. The predicted octanol–water partition coefficient (Wildman–Crippen LogP) is 3.90. The first kappa shape index (κ1) is 19.7. The molecule has 1 aliphatic carbocycles. The lowest BCUT2D eigenvalue weighted by atomic mass is 10.1. The summed E-state index contributed by atoms with van der Waals surface area (Å²) in [6.45, 7) is 2.99. The minimum absolute atomic E-state index is 0.113. The molecule has 1 fully saturated rings. The topological polar surface area (TPSA) is 78.9 Å². The molecule has 0 heterocycles. The number of amides is 2. The first-order valence-electron chi connectivity index (χ1n) is 9.47. The van der Waals surface area contributed by atoms with Gasteiger partial charge in [0.25, 0.3) is 0 Å². The number of nitrogens with one attached hydrogen (secondary N) is 1. The van der Waals surface area contributed by atoms with E-state index in [1.807, 2.05) is 29.2 Å². The molecule has 0 radical (unpaired) electrons. The summed E-state index contributed by atoms with van der Waals surface area (Å²) in [5.74, 6) is 0.387. The van der Waals surface area contributed by atoms with Crippen LogP contribution in [-0.2, 0) is 13.1 Å². The van der Waals surface area contributed by atoms with Crippen LogP contribution in [0, 0.1) is 5.92 Å². The van der Waals surface area contributed by atoms with E-state index in [-0.39, 0.29) is 17.6 Å². The number of carbonyl (C=O) groups is 2. The molecule has 1 atom stereocenters.